The van der Waals surface area contributed by atoms with Crippen molar-refractivity contribution in [2.24, 2.45) is 11.8 Å². The van der Waals surface area contributed by atoms with E-state index in [2.05, 4.69) is 75.9 Å². The fourth-order valence-corrected chi connectivity index (χ4v) is 3.57. The Labute approximate surface area is 177 Å². The maximum Gasteiger partial charge on any atom is 0.308 e. The predicted octanol–water partition coefficient (Wildman–Crippen LogP) is 6.66. The van der Waals surface area contributed by atoms with E-state index in [1.54, 1.807) is 0 Å². The average Bonchev–Trinajstić information content (AvgIpc) is 2.67. The molecule has 0 aliphatic carbocycles. The molecule has 0 N–H and O–H groups in total. The number of esters is 1. The van der Waals surface area contributed by atoms with Gasteiger partial charge in [-0.1, -0.05) is 89.2 Å². The molecule has 1 unspecified atom stereocenters. The number of hydrogen-bond donors (Lipinski definition) is 0. The van der Waals surface area contributed by atoms with Crippen LogP contribution in [0.15, 0.2) is 61.2 Å². The van der Waals surface area contributed by atoms with Crippen LogP contribution in [0.4, 0.5) is 0 Å². The minimum atomic E-state index is -0.152. The van der Waals surface area contributed by atoms with Crippen molar-refractivity contribution >= 4 is 5.97 Å². The molecular formula is C27H36O2. The fourth-order valence-electron chi connectivity index (χ4n) is 3.57. The smallest absolute Gasteiger partial charge is 0.308 e. The molecule has 0 bridgehead atoms. The molecule has 1 atom stereocenters. The first-order valence-electron chi connectivity index (χ1n) is 10.7. The summed E-state index contributed by atoms with van der Waals surface area (Å²) in [4.78, 5) is 11.6. The molecule has 0 spiro atoms. The van der Waals surface area contributed by atoms with Gasteiger partial charge in [0.15, 0.2) is 0 Å². The summed E-state index contributed by atoms with van der Waals surface area (Å²) in [7, 11) is 0. The van der Waals surface area contributed by atoms with Crippen LogP contribution in [-0.2, 0) is 34.4 Å². The molecule has 2 aromatic carbocycles. The van der Waals surface area contributed by atoms with Crippen LogP contribution in [-0.4, -0.2) is 5.97 Å². The third-order valence-corrected chi connectivity index (χ3v) is 5.41. The first kappa shape index (κ1) is 22.9. The molecule has 2 rings (SSSR count). The van der Waals surface area contributed by atoms with Crippen LogP contribution in [0.1, 0.15) is 63.3 Å². The highest BCUT2D eigenvalue weighted by Crippen LogP contribution is 2.28. The van der Waals surface area contributed by atoms with Crippen molar-refractivity contribution in [3.8, 4) is 0 Å². The van der Waals surface area contributed by atoms with Gasteiger partial charge in [-0.2, -0.15) is 0 Å². The van der Waals surface area contributed by atoms with E-state index in [0.717, 1.165) is 24.8 Å². The number of benzene rings is 2. The topological polar surface area (TPSA) is 26.3 Å². The fraction of sp³-hybridized carbons (Fsp3) is 0.444. The van der Waals surface area contributed by atoms with Crippen molar-refractivity contribution in [1.82, 2.24) is 0 Å². The summed E-state index contributed by atoms with van der Waals surface area (Å²) in [6, 6.07) is 17.4. The molecule has 0 aliphatic rings. The summed E-state index contributed by atoms with van der Waals surface area (Å²) in [5, 5.41) is 0. The van der Waals surface area contributed by atoms with Gasteiger partial charge in [-0.05, 0) is 52.8 Å². The largest absolute Gasteiger partial charge is 0.461 e. The molecule has 0 fully saturated rings. The van der Waals surface area contributed by atoms with Gasteiger partial charge in [0.1, 0.15) is 6.61 Å². The summed E-state index contributed by atoms with van der Waals surface area (Å²) in [6.45, 7) is 14.8. The molecule has 0 saturated heterocycles. The van der Waals surface area contributed by atoms with Gasteiger partial charge in [0.05, 0.1) is 5.92 Å². The highest BCUT2D eigenvalue weighted by atomic mass is 16.5. The van der Waals surface area contributed by atoms with Gasteiger partial charge in [-0.3, -0.25) is 4.79 Å². The van der Waals surface area contributed by atoms with E-state index in [-0.39, 0.29) is 17.3 Å². The van der Waals surface area contributed by atoms with Crippen LogP contribution in [0.3, 0.4) is 0 Å². The van der Waals surface area contributed by atoms with Gasteiger partial charge in [-0.15, -0.1) is 6.58 Å². The molecule has 2 aromatic rings. The molecule has 0 amide bonds. The molecule has 0 aromatic heterocycles. The second kappa shape index (κ2) is 10.4. The highest BCUT2D eigenvalue weighted by molar-refractivity contribution is 5.71. The third-order valence-electron chi connectivity index (χ3n) is 5.41. The zero-order valence-corrected chi connectivity index (χ0v) is 18.7. The lowest BCUT2D eigenvalue weighted by molar-refractivity contribution is -0.148. The van der Waals surface area contributed by atoms with Crippen molar-refractivity contribution in [2.75, 3.05) is 0 Å². The Morgan fingerprint density at radius 1 is 1.00 bits per heavy atom. The Bertz CT molecular complexity index is 800. The molecule has 0 radical (unpaired) electrons. The predicted molar refractivity (Wildman–Crippen MR) is 122 cm³/mol. The molecular weight excluding hydrogens is 356 g/mol. The first-order chi connectivity index (χ1) is 13.7. The summed E-state index contributed by atoms with van der Waals surface area (Å²) in [5.74, 6) is 0.314. The molecule has 29 heavy (non-hydrogen) atoms. The van der Waals surface area contributed by atoms with E-state index in [0.29, 0.717) is 12.5 Å². The van der Waals surface area contributed by atoms with Gasteiger partial charge in [-0.25, -0.2) is 0 Å². The summed E-state index contributed by atoms with van der Waals surface area (Å²) in [5.41, 5.74) is 5.24. The number of ether oxygens (including phenoxy) is 1. The van der Waals surface area contributed by atoms with E-state index in [9.17, 15) is 4.79 Å². The molecule has 156 valence electrons. The van der Waals surface area contributed by atoms with Gasteiger partial charge in [0.2, 0.25) is 0 Å². The normalized spacial score (nSPS) is 12.6. The third kappa shape index (κ3) is 7.20. The SMILES string of the molecule is C=CCC(C)(C)c1cccc(CC(C)Cc2ccc(COC(=O)C(C)C)cc2)c1. The van der Waals surface area contributed by atoms with Gasteiger partial charge < -0.3 is 4.74 Å². The monoisotopic (exact) mass is 392 g/mol. The maximum absolute atomic E-state index is 11.6. The van der Waals surface area contributed by atoms with Gasteiger partial charge in [0, 0.05) is 0 Å². The quantitative estimate of drug-likeness (QED) is 0.334. The van der Waals surface area contributed by atoms with Gasteiger partial charge in [0.25, 0.3) is 0 Å². The zero-order chi connectivity index (χ0) is 21.4. The van der Waals surface area contributed by atoms with Crippen molar-refractivity contribution < 1.29 is 9.53 Å². The lowest BCUT2D eigenvalue weighted by Crippen LogP contribution is -2.16. The average molecular weight is 393 g/mol. The van der Waals surface area contributed by atoms with Gasteiger partial charge >= 0.3 is 5.97 Å². The summed E-state index contributed by atoms with van der Waals surface area (Å²) >= 11 is 0. The number of allylic oxidation sites excluding steroid dienone is 1. The van der Waals surface area contributed by atoms with E-state index in [4.69, 9.17) is 4.74 Å². The van der Waals surface area contributed by atoms with E-state index >= 15 is 0 Å². The van der Waals surface area contributed by atoms with Crippen LogP contribution >= 0.6 is 0 Å². The van der Waals surface area contributed by atoms with Crippen LogP contribution in [0.2, 0.25) is 0 Å². The van der Waals surface area contributed by atoms with Crippen molar-refractivity contribution in [3.05, 3.63) is 83.4 Å². The van der Waals surface area contributed by atoms with Crippen molar-refractivity contribution in [2.45, 2.75) is 65.9 Å². The van der Waals surface area contributed by atoms with Crippen molar-refractivity contribution in [1.29, 1.82) is 0 Å². The number of carbonyl (C=O) groups excluding carboxylic acids is 1. The molecule has 0 saturated carbocycles. The lowest BCUT2D eigenvalue weighted by Gasteiger charge is -2.24. The Morgan fingerprint density at radius 3 is 2.24 bits per heavy atom. The Morgan fingerprint density at radius 2 is 1.62 bits per heavy atom. The Balaban J connectivity index is 1.93. The molecule has 0 aliphatic heterocycles. The second-order valence-electron chi connectivity index (χ2n) is 9.17. The highest BCUT2D eigenvalue weighted by Gasteiger charge is 2.19. The Kier molecular flexibility index (Phi) is 8.25. The molecule has 0 heterocycles. The summed E-state index contributed by atoms with van der Waals surface area (Å²) in [6.07, 6.45) is 5.08. The molecule has 2 nitrogen and oxygen atoms in total. The summed E-state index contributed by atoms with van der Waals surface area (Å²) < 4.78 is 5.30. The lowest BCUT2D eigenvalue weighted by atomic mass is 9.80. The van der Waals surface area contributed by atoms with Crippen molar-refractivity contribution in [3.63, 3.8) is 0 Å². The first-order valence-corrected chi connectivity index (χ1v) is 10.7. The number of hydrogen-bond acceptors (Lipinski definition) is 2. The number of carbonyl (C=O) groups is 1. The van der Waals surface area contributed by atoms with E-state index < -0.39 is 0 Å². The second-order valence-corrected chi connectivity index (χ2v) is 9.17. The number of rotatable bonds is 10. The van der Waals surface area contributed by atoms with Crippen LogP contribution in [0.5, 0.6) is 0 Å². The van der Waals surface area contributed by atoms with E-state index in [1.165, 1.54) is 16.7 Å². The van der Waals surface area contributed by atoms with Crippen LogP contribution in [0, 0.1) is 11.8 Å². The van der Waals surface area contributed by atoms with E-state index in [1.807, 2.05) is 19.9 Å². The Hall–Kier alpha value is -2.35. The zero-order valence-electron chi connectivity index (χ0n) is 18.7. The van der Waals surface area contributed by atoms with Crippen LogP contribution < -0.4 is 0 Å². The molecule has 2 heteroatoms. The minimum Gasteiger partial charge on any atom is -0.461 e. The van der Waals surface area contributed by atoms with Crippen LogP contribution in [0.25, 0.3) is 0 Å². The standard InChI is InChI=1S/C27H36O2/c1-7-15-27(5,6)25-10-8-9-24(18-25)17-21(4)16-22-11-13-23(14-12-22)19-29-26(28)20(2)3/h7-14,18,20-21H,1,15-17,19H2,2-6H3. The minimum absolute atomic E-state index is 0.0871. The maximum atomic E-state index is 11.6.